The molecule has 2 atom stereocenters. The first-order valence-electron chi connectivity index (χ1n) is 7.16. The van der Waals surface area contributed by atoms with Crippen molar-refractivity contribution < 1.29 is 0 Å². The number of nitrogens with one attached hydrogen (secondary N) is 1. The van der Waals surface area contributed by atoms with E-state index >= 15 is 0 Å². The summed E-state index contributed by atoms with van der Waals surface area (Å²) in [4.78, 5) is 3.94. The summed E-state index contributed by atoms with van der Waals surface area (Å²) in [5.41, 5.74) is 1.38. The van der Waals surface area contributed by atoms with E-state index in [4.69, 9.17) is 0 Å². The van der Waals surface area contributed by atoms with Gasteiger partial charge in [-0.1, -0.05) is 36.4 Å². The minimum absolute atomic E-state index is 0.413. The number of benzene rings is 1. The molecule has 0 aliphatic carbocycles. The molecule has 0 radical (unpaired) electrons. The lowest BCUT2D eigenvalue weighted by molar-refractivity contribution is 0.182. The lowest BCUT2D eigenvalue weighted by Gasteiger charge is -2.33. The van der Waals surface area contributed by atoms with Crippen LogP contribution in [-0.2, 0) is 6.42 Å². The summed E-state index contributed by atoms with van der Waals surface area (Å²) < 4.78 is 0. The normalized spacial score (nSPS) is 14.4. The van der Waals surface area contributed by atoms with Crippen LogP contribution in [0.15, 0.2) is 47.8 Å². The van der Waals surface area contributed by atoms with Crippen molar-refractivity contribution >= 4 is 11.3 Å². The molecule has 1 heterocycles. The number of hydrogen-bond acceptors (Lipinski definition) is 3. The van der Waals surface area contributed by atoms with Gasteiger partial charge < -0.3 is 5.32 Å². The summed E-state index contributed by atoms with van der Waals surface area (Å²) in [7, 11) is 4.25. The zero-order valence-electron chi connectivity index (χ0n) is 12.5. The Morgan fingerprint density at radius 1 is 1.15 bits per heavy atom. The topological polar surface area (TPSA) is 15.3 Å². The molecule has 0 spiro atoms. The molecule has 0 amide bonds. The fourth-order valence-corrected chi connectivity index (χ4v) is 3.36. The maximum Gasteiger partial charge on any atom is 0.0472 e. The molecule has 2 aromatic rings. The zero-order chi connectivity index (χ0) is 14.4. The zero-order valence-corrected chi connectivity index (χ0v) is 13.4. The Bertz CT molecular complexity index is 481. The average Bonchev–Trinajstić information content (AvgIpc) is 2.98. The lowest BCUT2D eigenvalue weighted by Crippen LogP contribution is -2.38. The Kier molecular flexibility index (Phi) is 5.77. The fraction of sp³-hybridized carbons (Fsp3) is 0.412. The van der Waals surface area contributed by atoms with Gasteiger partial charge >= 0.3 is 0 Å². The molecule has 0 aliphatic rings. The molecule has 20 heavy (non-hydrogen) atoms. The van der Waals surface area contributed by atoms with Crippen molar-refractivity contribution in [2.75, 3.05) is 20.6 Å². The van der Waals surface area contributed by atoms with E-state index in [0.717, 1.165) is 13.0 Å². The van der Waals surface area contributed by atoms with E-state index in [0.29, 0.717) is 12.1 Å². The Morgan fingerprint density at radius 2 is 1.90 bits per heavy atom. The summed E-state index contributed by atoms with van der Waals surface area (Å²) in [5, 5.41) is 5.48. The molecule has 1 aromatic heterocycles. The number of likely N-dealkylation sites (N-methyl/N-ethyl adjacent to an activating group) is 2. The van der Waals surface area contributed by atoms with Crippen molar-refractivity contribution in [3.8, 4) is 0 Å². The quantitative estimate of drug-likeness (QED) is 0.838. The van der Waals surface area contributed by atoms with Crippen LogP contribution in [0.25, 0.3) is 0 Å². The molecule has 2 nitrogen and oxygen atoms in total. The second-order valence-electron chi connectivity index (χ2n) is 5.28. The van der Waals surface area contributed by atoms with Crippen molar-refractivity contribution in [2.24, 2.45) is 0 Å². The van der Waals surface area contributed by atoms with Gasteiger partial charge in [0.2, 0.25) is 0 Å². The van der Waals surface area contributed by atoms with Crippen LogP contribution in [-0.4, -0.2) is 31.6 Å². The number of hydrogen-bond donors (Lipinski definition) is 1. The van der Waals surface area contributed by atoms with E-state index < -0.39 is 0 Å². The average molecular weight is 288 g/mol. The van der Waals surface area contributed by atoms with E-state index in [1.165, 1.54) is 10.4 Å². The maximum absolute atomic E-state index is 3.32. The highest BCUT2D eigenvalue weighted by Gasteiger charge is 2.21. The van der Waals surface area contributed by atoms with Gasteiger partial charge in [0.15, 0.2) is 0 Å². The van der Waals surface area contributed by atoms with Gasteiger partial charge in [-0.2, -0.15) is 0 Å². The van der Waals surface area contributed by atoms with Gasteiger partial charge in [0.05, 0.1) is 0 Å². The Labute approximate surface area is 126 Å². The molecule has 0 saturated heterocycles. The van der Waals surface area contributed by atoms with Crippen LogP contribution in [0.1, 0.15) is 23.4 Å². The Balaban J connectivity index is 2.08. The van der Waals surface area contributed by atoms with Crippen LogP contribution in [0.2, 0.25) is 0 Å². The van der Waals surface area contributed by atoms with Gasteiger partial charge in [-0.05, 0) is 44.4 Å². The first kappa shape index (κ1) is 15.2. The summed E-state index contributed by atoms with van der Waals surface area (Å²) in [6, 6.07) is 16.1. The predicted octanol–water partition coefficient (Wildman–Crippen LogP) is 3.57. The van der Waals surface area contributed by atoms with Gasteiger partial charge in [0.25, 0.3) is 0 Å². The summed E-state index contributed by atoms with van der Waals surface area (Å²) in [6.45, 7) is 3.28. The third-order valence-electron chi connectivity index (χ3n) is 3.85. The minimum atomic E-state index is 0.413. The number of thiophene rings is 1. The first-order valence-corrected chi connectivity index (χ1v) is 8.04. The molecule has 0 saturated carbocycles. The van der Waals surface area contributed by atoms with Crippen LogP contribution in [0.3, 0.4) is 0 Å². The third kappa shape index (κ3) is 3.92. The molecular weight excluding hydrogens is 264 g/mol. The molecule has 2 unspecified atom stereocenters. The van der Waals surface area contributed by atoms with Crippen LogP contribution in [0, 0.1) is 0 Å². The molecule has 0 bridgehead atoms. The molecule has 3 heteroatoms. The number of rotatable bonds is 7. The van der Waals surface area contributed by atoms with E-state index in [1.54, 1.807) is 0 Å². The summed E-state index contributed by atoms with van der Waals surface area (Å²) in [5.74, 6) is 0. The van der Waals surface area contributed by atoms with Gasteiger partial charge in [-0.15, -0.1) is 11.3 Å². The molecule has 0 fully saturated rings. The van der Waals surface area contributed by atoms with Crippen molar-refractivity contribution in [1.29, 1.82) is 0 Å². The van der Waals surface area contributed by atoms with Gasteiger partial charge in [0, 0.05) is 23.5 Å². The molecule has 2 rings (SSSR count). The second kappa shape index (κ2) is 7.58. The predicted molar refractivity (Wildman–Crippen MR) is 88.4 cm³/mol. The highest BCUT2D eigenvalue weighted by molar-refractivity contribution is 7.09. The van der Waals surface area contributed by atoms with E-state index in [2.05, 4.69) is 72.0 Å². The Hall–Kier alpha value is -1.16. The van der Waals surface area contributed by atoms with Gasteiger partial charge in [-0.3, -0.25) is 4.90 Å². The standard InChI is InChI=1S/C17H24N2S/c1-14(12-16-10-7-11-20-16)19(3)17(13-18-2)15-8-5-4-6-9-15/h4-11,14,17-18H,12-13H2,1-3H3. The molecule has 108 valence electrons. The monoisotopic (exact) mass is 288 g/mol. The second-order valence-corrected chi connectivity index (χ2v) is 6.31. The van der Waals surface area contributed by atoms with Crippen LogP contribution >= 0.6 is 11.3 Å². The van der Waals surface area contributed by atoms with Gasteiger partial charge in [-0.25, -0.2) is 0 Å². The SMILES string of the molecule is CNCC(c1ccccc1)N(C)C(C)Cc1cccs1. The van der Waals surface area contributed by atoms with E-state index in [1.807, 2.05) is 18.4 Å². The molecule has 1 N–H and O–H groups in total. The number of nitrogens with zero attached hydrogens (tertiary/aromatic N) is 1. The highest BCUT2D eigenvalue weighted by atomic mass is 32.1. The maximum atomic E-state index is 3.32. The molecule has 1 aromatic carbocycles. The Morgan fingerprint density at radius 3 is 2.50 bits per heavy atom. The van der Waals surface area contributed by atoms with Crippen molar-refractivity contribution in [3.63, 3.8) is 0 Å². The van der Waals surface area contributed by atoms with E-state index in [9.17, 15) is 0 Å². The fourth-order valence-electron chi connectivity index (χ4n) is 2.54. The van der Waals surface area contributed by atoms with Gasteiger partial charge in [0.1, 0.15) is 0 Å². The minimum Gasteiger partial charge on any atom is -0.318 e. The van der Waals surface area contributed by atoms with Crippen molar-refractivity contribution in [2.45, 2.75) is 25.4 Å². The summed E-state index contributed by atoms with van der Waals surface area (Å²) >= 11 is 1.85. The molecule has 0 aliphatic heterocycles. The highest BCUT2D eigenvalue weighted by Crippen LogP contribution is 2.23. The molecular formula is C17H24N2S. The van der Waals surface area contributed by atoms with Crippen LogP contribution in [0.5, 0.6) is 0 Å². The van der Waals surface area contributed by atoms with E-state index in [-0.39, 0.29) is 0 Å². The van der Waals surface area contributed by atoms with Crippen molar-refractivity contribution in [1.82, 2.24) is 10.2 Å². The lowest BCUT2D eigenvalue weighted by atomic mass is 10.0. The van der Waals surface area contributed by atoms with Crippen molar-refractivity contribution in [3.05, 3.63) is 58.3 Å². The smallest absolute Gasteiger partial charge is 0.0472 e. The largest absolute Gasteiger partial charge is 0.318 e. The van der Waals surface area contributed by atoms with Crippen LogP contribution in [0.4, 0.5) is 0 Å². The summed E-state index contributed by atoms with van der Waals surface area (Å²) in [6.07, 6.45) is 1.11. The first-order chi connectivity index (χ1) is 9.72. The third-order valence-corrected chi connectivity index (χ3v) is 4.74. The van der Waals surface area contributed by atoms with Crippen LogP contribution < -0.4 is 5.32 Å².